The van der Waals surface area contributed by atoms with E-state index >= 15 is 0 Å². The van der Waals surface area contributed by atoms with Crippen molar-refractivity contribution in [2.24, 2.45) is 0 Å². The molecule has 0 aliphatic carbocycles. The topological polar surface area (TPSA) is 114 Å². The van der Waals surface area contributed by atoms with E-state index in [-0.39, 0.29) is 0 Å². The van der Waals surface area contributed by atoms with Crippen LogP contribution >= 0.6 is 0 Å². The van der Waals surface area contributed by atoms with Gasteiger partial charge in [-0.1, -0.05) is 76.9 Å². The molecular formula is C32H32N4O4. The average molecular weight is 537 g/mol. The van der Waals surface area contributed by atoms with Crippen molar-refractivity contribution in [3.05, 3.63) is 89.5 Å². The van der Waals surface area contributed by atoms with Gasteiger partial charge in [0.15, 0.2) is 11.9 Å². The molecule has 1 aliphatic heterocycles. The predicted molar refractivity (Wildman–Crippen MR) is 154 cm³/mol. The van der Waals surface area contributed by atoms with Crippen LogP contribution in [-0.4, -0.2) is 59.8 Å². The van der Waals surface area contributed by atoms with Gasteiger partial charge in [0.1, 0.15) is 35.8 Å². The summed E-state index contributed by atoms with van der Waals surface area (Å²) in [6.45, 7) is 7.96. The van der Waals surface area contributed by atoms with Crippen molar-refractivity contribution in [3.63, 3.8) is 0 Å². The molecular weight excluding hydrogens is 504 g/mol. The summed E-state index contributed by atoms with van der Waals surface area (Å²) in [5.74, 6) is 0. The quantitative estimate of drug-likeness (QED) is 0.299. The first-order valence-corrected chi connectivity index (χ1v) is 13.4. The number of aliphatic hydroxyl groups is 3. The van der Waals surface area contributed by atoms with Crippen molar-refractivity contribution in [2.45, 2.75) is 52.2 Å². The second-order valence-electron chi connectivity index (χ2n) is 10.8. The summed E-state index contributed by atoms with van der Waals surface area (Å²) in [6, 6.07) is 19.3. The smallest absolute Gasteiger partial charge is 0.166 e. The van der Waals surface area contributed by atoms with Gasteiger partial charge >= 0.3 is 0 Å². The highest BCUT2D eigenvalue weighted by atomic mass is 16.6. The van der Waals surface area contributed by atoms with E-state index < -0.39 is 31.1 Å². The molecule has 0 unspecified atom stereocenters. The van der Waals surface area contributed by atoms with Crippen LogP contribution in [0.15, 0.2) is 67.3 Å². The van der Waals surface area contributed by atoms with Crippen LogP contribution in [0.2, 0.25) is 0 Å². The van der Waals surface area contributed by atoms with E-state index in [0.29, 0.717) is 16.9 Å². The first-order valence-electron chi connectivity index (χ1n) is 13.4. The molecule has 1 fully saturated rings. The number of aromatic nitrogens is 4. The van der Waals surface area contributed by atoms with Crippen LogP contribution in [0.5, 0.6) is 0 Å². The summed E-state index contributed by atoms with van der Waals surface area (Å²) in [7, 11) is 0. The molecule has 8 heteroatoms. The van der Waals surface area contributed by atoms with Gasteiger partial charge in [-0.15, -0.1) is 0 Å². The Hall–Kier alpha value is -3.95. The fraction of sp³-hybridized carbons (Fsp3) is 0.281. The van der Waals surface area contributed by atoms with E-state index in [4.69, 9.17) is 14.7 Å². The van der Waals surface area contributed by atoms with Gasteiger partial charge in [-0.25, -0.2) is 15.0 Å². The molecule has 0 saturated carbocycles. The second-order valence-corrected chi connectivity index (χ2v) is 10.8. The number of ether oxygens (including phenoxy) is 1. The molecule has 3 heterocycles. The number of benzene rings is 3. The highest BCUT2D eigenvalue weighted by Crippen LogP contribution is 2.42. The van der Waals surface area contributed by atoms with Crippen LogP contribution in [0.25, 0.3) is 44.7 Å². The summed E-state index contributed by atoms with van der Waals surface area (Å²) < 4.78 is 7.38. The largest absolute Gasteiger partial charge is 0.394 e. The Morgan fingerprint density at radius 1 is 0.775 bits per heavy atom. The Morgan fingerprint density at radius 3 is 1.88 bits per heavy atom. The fourth-order valence-corrected chi connectivity index (χ4v) is 5.88. The van der Waals surface area contributed by atoms with Crippen LogP contribution in [0.1, 0.15) is 28.5 Å². The molecule has 5 aromatic rings. The van der Waals surface area contributed by atoms with Crippen LogP contribution < -0.4 is 0 Å². The van der Waals surface area contributed by atoms with Gasteiger partial charge in [-0.2, -0.15) is 0 Å². The number of aryl methyl sites for hydroxylation is 4. The number of hydrogen-bond donors (Lipinski definition) is 3. The highest BCUT2D eigenvalue weighted by molar-refractivity contribution is 6.00. The van der Waals surface area contributed by atoms with Gasteiger partial charge in [0.2, 0.25) is 0 Å². The number of rotatable bonds is 5. The number of fused-ring (bicyclic) bond motifs is 1. The molecule has 0 spiro atoms. The maximum absolute atomic E-state index is 10.7. The Labute approximate surface area is 232 Å². The molecule has 3 N–H and O–H groups in total. The number of hydrogen-bond acceptors (Lipinski definition) is 7. The van der Waals surface area contributed by atoms with Crippen molar-refractivity contribution in [1.82, 2.24) is 19.5 Å². The molecule has 0 bridgehead atoms. The molecule has 0 radical (unpaired) electrons. The molecule has 1 saturated heterocycles. The summed E-state index contributed by atoms with van der Waals surface area (Å²) in [4.78, 5) is 14.0. The fourth-order valence-electron chi connectivity index (χ4n) is 5.88. The van der Waals surface area contributed by atoms with Crippen LogP contribution in [-0.2, 0) is 4.74 Å². The van der Waals surface area contributed by atoms with E-state index in [1.54, 1.807) is 10.9 Å². The highest BCUT2D eigenvalue weighted by Gasteiger charge is 2.44. The molecule has 40 heavy (non-hydrogen) atoms. The van der Waals surface area contributed by atoms with E-state index in [0.717, 1.165) is 27.8 Å². The van der Waals surface area contributed by atoms with Gasteiger partial charge in [-0.05, 0) is 49.9 Å². The zero-order chi connectivity index (χ0) is 28.1. The third-order valence-corrected chi connectivity index (χ3v) is 7.52. The lowest BCUT2D eigenvalue weighted by Crippen LogP contribution is -2.33. The third kappa shape index (κ3) is 4.49. The number of aliphatic hydroxyl groups excluding tert-OH is 3. The molecule has 1 aliphatic rings. The normalized spacial score (nSPS) is 20.9. The van der Waals surface area contributed by atoms with Crippen LogP contribution in [0.4, 0.5) is 0 Å². The summed E-state index contributed by atoms with van der Waals surface area (Å²) in [5.41, 5.74) is 11.4. The van der Waals surface area contributed by atoms with Crippen LogP contribution in [0.3, 0.4) is 0 Å². The minimum Gasteiger partial charge on any atom is -0.394 e. The summed E-state index contributed by atoms with van der Waals surface area (Å²) >= 11 is 0. The van der Waals surface area contributed by atoms with Crippen molar-refractivity contribution < 1.29 is 20.1 Å². The Kier molecular flexibility index (Phi) is 6.72. The molecule has 8 nitrogen and oxygen atoms in total. The lowest BCUT2D eigenvalue weighted by atomic mass is 9.87. The molecule has 2 aromatic heterocycles. The Balaban J connectivity index is 1.61. The Morgan fingerprint density at radius 2 is 1.35 bits per heavy atom. The van der Waals surface area contributed by atoms with Crippen molar-refractivity contribution in [3.8, 4) is 33.5 Å². The van der Waals surface area contributed by atoms with Gasteiger partial charge in [0.25, 0.3) is 0 Å². The lowest BCUT2D eigenvalue weighted by molar-refractivity contribution is -0.0511. The molecule has 0 amide bonds. The second kappa shape index (κ2) is 10.2. The van der Waals surface area contributed by atoms with Crippen molar-refractivity contribution in [2.75, 3.05) is 6.61 Å². The van der Waals surface area contributed by atoms with Crippen LogP contribution in [0, 0.1) is 27.7 Å². The standard InChI is InChI=1S/C32H32N4O4/c1-17-8-18(2)11-21(10-17)23-6-5-7-24(22-12-19(3)9-20(4)13-22)26(23)27-28-31(34-15-33-27)36(16-35-28)32-30(39)29(38)25(14-37)40-32/h5-13,15-16,25,29-30,32,37-39H,14H2,1-4H3/t25-,29-,30-,32-/m1/s1. The van der Waals surface area contributed by atoms with E-state index in [2.05, 4.69) is 87.3 Å². The number of nitrogens with zero attached hydrogens (tertiary/aromatic N) is 4. The lowest BCUT2D eigenvalue weighted by Gasteiger charge is -2.18. The van der Waals surface area contributed by atoms with Crippen molar-refractivity contribution in [1.29, 1.82) is 0 Å². The minimum absolute atomic E-state index is 0.413. The van der Waals surface area contributed by atoms with Gasteiger partial charge in [0.05, 0.1) is 12.9 Å². The molecule has 4 atom stereocenters. The Bertz CT molecular complexity index is 1620. The maximum atomic E-state index is 10.7. The molecule has 6 rings (SSSR count). The zero-order valence-electron chi connectivity index (χ0n) is 22.9. The van der Waals surface area contributed by atoms with Crippen molar-refractivity contribution >= 4 is 11.2 Å². The summed E-state index contributed by atoms with van der Waals surface area (Å²) in [5, 5.41) is 30.6. The molecule has 3 aromatic carbocycles. The SMILES string of the molecule is Cc1cc(C)cc(-c2cccc(-c3cc(C)cc(C)c3)c2-c2ncnc3c2ncn3[C@@H]2O[C@H](CO)[C@@H](O)[C@H]2O)c1. The van der Waals surface area contributed by atoms with Gasteiger partial charge in [-0.3, -0.25) is 4.57 Å². The van der Waals surface area contributed by atoms with E-state index in [9.17, 15) is 15.3 Å². The monoisotopic (exact) mass is 536 g/mol. The summed E-state index contributed by atoms with van der Waals surface area (Å²) in [6.07, 6.45) is -1.30. The van der Waals surface area contributed by atoms with Gasteiger partial charge in [0, 0.05) is 5.56 Å². The van der Waals surface area contributed by atoms with Gasteiger partial charge < -0.3 is 20.1 Å². The number of imidazole rings is 1. The average Bonchev–Trinajstić information content (AvgIpc) is 3.47. The maximum Gasteiger partial charge on any atom is 0.166 e. The first kappa shape index (κ1) is 26.3. The first-order chi connectivity index (χ1) is 19.2. The predicted octanol–water partition coefficient (Wildman–Crippen LogP) is 4.67. The molecule has 204 valence electrons. The van der Waals surface area contributed by atoms with E-state index in [1.165, 1.54) is 28.6 Å². The zero-order valence-corrected chi connectivity index (χ0v) is 22.9. The third-order valence-electron chi connectivity index (χ3n) is 7.52. The minimum atomic E-state index is -1.25. The van der Waals surface area contributed by atoms with E-state index in [1.807, 2.05) is 0 Å².